The van der Waals surface area contributed by atoms with Gasteiger partial charge in [-0.2, -0.15) is 0 Å². The Balaban J connectivity index is 2.46. The first-order valence-electron chi connectivity index (χ1n) is 7.74. The van der Waals surface area contributed by atoms with Crippen LogP contribution in [0.15, 0.2) is 24.3 Å². The molecule has 0 aliphatic carbocycles. The van der Waals surface area contributed by atoms with Crippen LogP contribution in [0, 0.1) is 11.7 Å². The lowest BCUT2D eigenvalue weighted by atomic mass is 10.00. The smallest absolute Gasteiger partial charge is 0.223 e. The van der Waals surface area contributed by atoms with Gasteiger partial charge >= 0.3 is 0 Å². The summed E-state index contributed by atoms with van der Waals surface area (Å²) >= 11 is 0. The molecule has 1 aromatic rings. The molecule has 4 heteroatoms. The van der Waals surface area contributed by atoms with Crippen molar-refractivity contribution < 1.29 is 9.18 Å². The number of amides is 1. The first-order valence-corrected chi connectivity index (χ1v) is 7.74. The Kier molecular flexibility index (Phi) is 7.37. The van der Waals surface area contributed by atoms with Gasteiger partial charge in [0, 0.05) is 18.5 Å². The van der Waals surface area contributed by atoms with Crippen molar-refractivity contribution in [2.24, 2.45) is 5.92 Å². The number of carbonyl (C=O) groups excluding carboxylic acids is 1. The number of halogens is 1. The van der Waals surface area contributed by atoms with Crippen molar-refractivity contribution >= 4 is 5.91 Å². The van der Waals surface area contributed by atoms with Crippen LogP contribution in [0.3, 0.4) is 0 Å². The van der Waals surface area contributed by atoms with Crippen LogP contribution in [0.1, 0.15) is 33.3 Å². The highest BCUT2D eigenvalue weighted by Crippen LogP contribution is 2.12. The second-order valence-electron chi connectivity index (χ2n) is 5.51. The summed E-state index contributed by atoms with van der Waals surface area (Å²) < 4.78 is 13.6. The fraction of sp³-hybridized carbons (Fsp3) is 0.588. The highest BCUT2D eigenvalue weighted by molar-refractivity contribution is 5.78. The Morgan fingerprint density at radius 2 is 1.86 bits per heavy atom. The van der Waals surface area contributed by atoms with Crippen molar-refractivity contribution in [1.82, 2.24) is 10.2 Å². The highest BCUT2D eigenvalue weighted by Gasteiger charge is 2.17. The Morgan fingerprint density at radius 1 is 1.24 bits per heavy atom. The lowest BCUT2D eigenvalue weighted by Gasteiger charge is -2.27. The maximum atomic E-state index is 13.6. The molecule has 0 aliphatic rings. The van der Waals surface area contributed by atoms with Gasteiger partial charge in [-0.1, -0.05) is 39.0 Å². The number of carbonyl (C=O) groups is 1. The Hall–Kier alpha value is -1.42. The molecule has 3 nitrogen and oxygen atoms in total. The molecule has 0 spiro atoms. The minimum Gasteiger partial charge on any atom is -0.354 e. The summed E-state index contributed by atoms with van der Waals surface area (Å²) in [6.07, 6.45) is 0.429. The number of hydrogen-bond acceptors (Lipinski definition) is 2. The second-order valence-corrected chi connectivity index (χ2v) is 5.51. The van der Waals surface area contributed by atoms with E-state index in [2.05, 4.69) is 31.0 Å². The molecule has 2 atom stereocenters. The van der Waals surface area contributed by atoms with Crippen molar-refractivity contribution in [3.63, 3.8) is 0 Å². The molecule has 0 saturated carbocycles. The minimum atomic E-state index is -0.242. The summed E-state index contributed by atoms with van der Waals surface area (Å²) in [5.41, 5.74) is 0.594. The van der Waals surface area contributed by atoms with E-state index >= 15 is 0 Å². The zero-order valence-corrected chi connectivity index (χ0v) is 13.5. The third kappa shape index (κ3) is 5.46. The molecule has 1 aromatic carbocycles. The number of likely N-dealkylation sites (N-methyl/N-ethyl adjacent to an activating group) is 1. The van der Waals surface area contributed by atoms with Gasteiger partial charge in [0.1, 0.15) is 5.82 Å². The standard InChI is InChI=1S/C17H27FN2O/c1-5-20(6-2)14(4)12-19-17(21)13(3)11-15-9-7-8-10-16(15)18/h7-10,13-14H,5-6,11-12H2,1-4H3,(H,19,21). The topological polar surface area (TPSA) is 32.3 Å². The molecule has 1 rings (SSSR count). The zero-order valence-electron chi connectivity index (χ0n) is 13.5. The predicted octanol–water partition coefficient (Wildman–Crippen LogP) is 2.85. The van der Waals surface area contributed by atoms with Gasteiger partial charge in [-0.05, 0) is 38.1 Å². The van der Waals surface area contributed by atoms with Gasteiger partial charge in [-0.3, -0.25) is 9.69 Å². The van der Waals surface area contributed by atoms with E-state index in [0.717, 1.165) is 13.1 Å². The van der Waals surface area contributed by atoms with E-state index in [1.54, 1.807) is 18.2 Å². The van der Waals surface area contributed by atoms with Crippen molar-refractivity contribution in [3.8, 4) is 0 Å². The predicted molar refractivity (Wildman–Crippen MR) is 84.7 cm³/mol. The molecule has 21 heavy (non-hydrogen) atoms. The van der Waals surface area contributed by atoms with Crippen molar-refractivity contribution in [2.45, 2.75) is 40.2 Å². The van der Waals surface area contributed by atoms with Gasteiger partial charge in [-0.15, -0.1) is 0 Å². The summed E-state index contributed by atoms with van der Waals surface area (Å²) in [5.74, 6) is -0.489. The van der Waals surface area contributed by atoms with Gasteiger partial charge in [0.05, 0.1) is 0 Å². The Bertz CT molecular complexity index is 446. The molecule has 0 fully saturated rings. The molecule has 0 aromatic heterocycles. The van der Waals surface area contributed by atoms with Crippen molar-refractivity contribution in [3.05, 3.63) is 35.6 Å². The molecule has 118 valence electrons. The van der Waals surface area contributed by atoms with E-state index in [4.69, 9.17) is 0 Å². The third-order valence-corrected chi connectivity index (χ3v) is 3.94. The zero-order chi connectivity index (χ0) is 15.8. The quantitative estimate of drug-likeness (QED) is 0.799. The van der Waals surface area contributed by atoms with E-state index in [9.17, 15) is 9.18 Å². The molecular weight excluding hydrogens is 267 g/mol. The van der Waals surface area contributed by atoms with Crippen LogP contribution in [0.4, 0.5) is 4.39 Å². The van der Waals surface area contributed by atoms with Gasteiger partial charge in [0.2, 0.25) is 5.91 Å². The average Bonchev–Trinajstić information content (AvgIpc) is 2.48. The molecule has 1 amide bonds. The second kappa shape index (κ2) is 8.78. The van der Waals surface area contributed by atoms with Crippen LogP contribution in [-0.2, 0) is 11.2 Å². The normalized spacial score (nSPS) is 14.0. The maximum Gasteiger partial charge on any atom is 0.223 e. The largest absolute Gasteiger partial charge is 0.354 e. The van der Waals surface area contributed by atoms with Gasteiger partial charge in [0.25, 0.3) is 0 Å². The summed E-state index contributed by atoms with van der Waals surface area (Å²) in [6, 6.07) is 6.94. The van der Waals surface area contributed by atoms with Crippen LogP contribution in [0.2, 0.25) is 0 Å². The summed E-state index contributed by atoms with van der Waals surface area (Å²) in [7, 11) is 0. The lowest BCUT2D eigenvalue weighted by molar-refractivity contribution is -0.124. The molecule has 0 radical (unpaired) electrons. The van der Waals surface area contributed by atoms with E-state index in [-0.39, 0.29) is 17.6 Å². The summed E-state index contributed by atoms with van der Waals surface area (Å²) in [6.45, 7) is 10.7. The third-order valence-electron chi connectivity index (χ3n) is 3.94. The Labute approximate surface area is 127 Å². The molecule has 0 saturated heterocycles. The average molecular weight is 294 g/mol. The maximum absolute atomic E-state index is 13.6. The Morgan fingerprint density at radius 3 is 2.43 bits per heavy atom. The van der Waals surface area contributed by atoms with Crippen LogP contribution in [-0.4, -0.2) is 36.5 Å². The molecule has 0 aliphatic heterocycles. The molecular formula is C17H27FN2O. The monoisotopic (exact) mass is 294 g/mol. The van der Waals surface area contributed by atoms with Gasteiger partial charge in [-0.25, -0.2) is 4.39 Å². The first-order chi connectivity index (χ1) is 9.99. The van der Waals surface area contributed by atoms with E-state index < -0.39 is 0 Å². The molecule has 0 bridgehead atoms. The van der Waals surface area contributed by atoms with E-state index in [0.29, 0.717) is 24.6 Å². The number of benzene rings is 1. The summed E-state index contributed by atoms with van der Waals surface area (Å²) in [4.78, 5) is 14.4. The number of rotatable bonds is 8. The lowest BCUT2D eigenvalue weighted by Crippen LogP contribution is -2.43. The first kappa shape index (κ1) is 17.6. The van der Waals surface area contributed by atoms with Crippen molar-refractivity contribution in [2.75, 3.05) is 19.6 Å². The van der Waals surface area contributed by atoms with Crippen LogP contribution in [0.25, 0.3) is 0 Å². The molecule has 1 N–H and O–H groups in total. The summed E-state index contributed by atoms with van der Waals surface area (Å²) in [5, 5.41) is 2.97. The van der Waals surface area contributed by atoms with Gasteiger partial charge < -0.3 is 5.32 Å². The van der Waals surface area contributed by atoms with Crippen LogP contribution < -0.4 is 5.32 Å². The van der Waals surface area contributed by atoms with Crippen LogP contribution >= 0.6 is 0 Å². The number of nitrogens with zero attached hydrogens (tertiary/aromatic N) is 1. The van der Waals surface area contributed by atoms with E-state index in [1.807, 2.05) is 6.92 Å². The SMILES string of the molecule is CCN(CC)C(C)CNC(=O)C(C)Cc1ccccc1F. The molecule has 0 heterocycles. The van der Waals surface area contributed by atoms with Crippen molar-refractivity contribution in [1.29, 1.82) is 0 Å². The fourth-order valence-electron chi connectivity index (χ4n) is 2.49. The van der Waals surface area contributed by atoms with Crippen LogP contribution in [0.5, 0.6) is 0 Å². The van der Waals surface area contributed by atoms with E-state index in [1.165, 1.54) is 6.07 Å². The number of nitrogens with one attached hydrogen (secondary N) is 1. The fourth-order valence-corrected chi connectivity index (χ4v) is 2.49. The minimum absolute atomic E-state index is 0.0164. The van der Waals surface area contributed by atoms with Gasteiger partial charge in [0.15, 0.2) is 0 Å². The molecule has 2 unspecified atom stereocenters. The highest BCUT2D eigenvalue weighted by atomic mass is 19.1. The number of hydrogen-bond donors (Lipinski definition) is 1.